The van der Waals surface area contributed by atoms with Gasteiger partial charge in [-0.2, -0.15) is 18.3 Å². The van der Waals surface area contributed by atoms with Crippen molar-refractivity contribution in [1.29, 1.82) is 0 Å². The van der Waals surface area contributed by atoms with Crippen LogP contribution in [0.5, 0.6) is 0 Å². The first-order valence-corrected chi connectivity index (χ1v) is 9.42. The summed E-state index contributed by atoms with van der Waals surface area (Å²) in [5, 5.41) is 13.7. The molecule has 12 heteroatoms. The summed E-state index contributed by atoms with van der Waals surface area (Å²) < 4.78 is 43.7. The standard InChI is InChI=1S/C17H20N4O3.C2HF3O2/c22-16(15-3-7-19-20-15)21-11-17(12-21)9-14(4-8-24-17)23-10-13-1-5-18-6-2-13;3-2(4,5)1(6)7/h1-3,5-7,14H,4,8-12H2,(H,19,20);(H,6,7). The maximum Gasteiger partial charge on any atom is 0.490 e. The fourth-order valence-electron chi connectivity index (χ4n) is 3.38. The largest absolute Gasteiger partial charge is 0.490 e. The van der Waals surface area contributed by atoms with Crippen LogP contribution in [0.4, 0.5) is 13.2 Å². The van der Waals surface area contributed by atoms with E-state index in [1.54, 1.807) is 29.6 Å². The molecule has 0 aliphatic carbocycles. The molecule has 2 aliphatic rings. The second kappa shape index (κ2) is 9.43. The number of aliphatic carboxylic acids is 1. The molecule has 2 N–H and O–H groups in total. The summed E-state index contributed by atoms with van der Waals surface area (Å²) in [4.78, 5) is 27.0. The number of carbonyl (C=O) groups is 2. The quantitative estimate of drug-likeness (QED) is 0.744. The van der Waals surface area contributed by atoms with Crippen molar-refractivity contribution in [2.75, 3.05) is 19.7 Å². The minimum Gasteiger partial charge on any atom is -0.475 e. The lowest BCUT2D eigenvalue weighted by molar-refractivity contribution is -0.192. The van der Waals surface area contributed by atoms with Crippen LogP contribution in [-0.4, -0.2) is 74.6 Å². The molecule has 1 unspecified atom stereocenters. The number of likely N-dealkylation sites (tertiary alicyclic amines) is 1. The zero-order chi connectivity index (χ0) is 22.5. The molecule has 168 valence electrons. The number of hydrogen-bond donors (Lipinski definition) is 2. The Morgan fingerprint density at radius 3 is 2.52 bits per heavy atom. The highest BCUT2D eigenvalue weighted by molar-refractivity contribution is 5.92. The first-order chi connectivity index (χ1) is 14.7. The van der Waals surface area contributed by atoms with Gasteiger partial charge in [-0.05, 0) is 30.2 Å². The van der Waals surface area contributed by atoms with E-state index < -0.39 is 12.1 Å². The van der Waals surface area contributed by atoms with Crippen LogP contribution >= 0.6 is 0 Å². The van der Waals surface area contributed by atoms with Crippen LogP contribution in [0.1, 0.15) is 28.9 Å². The monoisotopic (exact) mass is 442 g/mol. The first-order valence-electron chi connectivity index (χ1n) is 9.42. The molecular formula is C19H21F3N4O5. The van der Waals surface area contributed by atoms with Crippen molar-refractivity contribution in [2.45, 2.75) is 37.3 Å². The third kappa shape index (κ3) is 6.01. The molecule has 0 radical (unpaired) electrons. The number of halogens is 3. The molecule has 2 fully saturated rings. The van der Waals surface area contributed by atoms with Gasteiger partial charge in [0.2, 0.25) is 0 Å². The van der Waals surface area contributed by atoms with Crippen molar-refractivity contribution in [2.24, 2.45) is 0 Å². The Balaban J connectivity index is 0.000000339. The predicted octanol–water partition coefficient (Wildman–Crippen LogP) is 2.03. The van der Waals surface area contributed by atoms with Crippen LogP contribution in [-0.2, 0) is 20.9 Å². The van der Waals surface area contributed by atoms with Crippen LogP contribution in [0.2, 0.25) is 0 Å². The van der Waals surface area contributed by atoms with Gasteiger partial charge in [-0.25, -0.2) is 4.79 Å². The maximum absolute atomic E-state index is 12.3. The molecule has 0 saturated carbocycles. The molecule has 2 aromatic rings. The number of hydrogen-bond acceptors (Lipinski definition) is 6. The number of amides is 1. The van der Waals surface area contributed by atoms with E-state index in [1.807, 2.05) is 12.1 Å². The van der Waals surface area contributed by atoms with Gasteiger partial charge in [-0.1, -0.05) is 0 Å². The molecule has 2 aliphatic heterocycles. The maximum atomic E-state index is 12.3. The van der Waals surface area contributed by atoms with Gasteiger partial charge >= 0.3 is 12.1 Å². The van der Waals surface area contributed by atoms with Crippen LogP contribution in [0.25, 0.3) is 0 Å². The average molecular weight is 442 g/mol. The number of carboxylic acids is 1. The van der Waals surface area contributed by atoms with E-state index in [2.05, 4.69) is 15.2 Å². The number of nitrogens with zero attached hydrogens (tertiary/aromatic N) is 3. The average Bonchev–Trinajstić information content (AvgIpc) is 3.25. The second-order valence-corrected chi connectivity index (χ2v) is 7.25. The number of H-pyrrole nitrogens is 1. The Bertz CT molecular complexity index is 870. The van der Waals surface area contributed by atoms with E-state index in [9.17, 15) is 18.0 Å². The number of aromatic nitrogens is 3. The normalized spacial score (nSPS) is 19.8. The SMILES string of the molecule is O=C(O)C(F)(F)F.O=C(c1ccn[nH]1)N1CC2(CC(OCc3ccncc3)CCO2)C1. The van der Waals surface area contributed by atoms with Gasteiger partial charge in [-0.3, -0.25) is 14.9 Å². The molecule has 1 amide bonds. The Labute approximate surface area is 175 Å². The van der Waals surface area contributed by atoms with Gasteiger partial charge in [-0.15, -0.1) is 0 Å². The molecule has 1 spiro atoms. The summed E-state index contributed by atoms with van der Waals surface area (Å²) in [5.74, 6) is -2.78. The third-order valence-corrected chi connectivity index (χ3v) is 4.90. The number of pyridine rings is 1. The predicted molar refractivity (Wildman–Crippen MR) is 98.9 cm³/mol. The Hall–Kier alpha value is -2.99. The Morgan fingerprint density at radius 2 is 1.94 bits per heavy atom. The number of aromatic amines is 1. The number of ether oxygens (including phenoxy) is 2. The van der Waals surface area contributed by atoms with E-state index in [0.29, 0.717) is 32.0 Å². The minimum absolute atomic E-state index is 0.0263. The number of nitrogens with one attached hydrogen (secondary N) is 1. The zero-order valence-electron chi connectivity index (χ0n) is 16.3. The Kier molecular flexibility index (Phi) is 6.91. The molecule has 0 bridgehead atoms. The molecule has 1 atom stereocenters. The number of carboxylic acid groups (broad SMARTS) is 1. The number of carbonyl (C=O) groups excluding carboxylic acids is 1. The van der Waals surface area contributed by atoms with Crippen molar-refractivity contribution in [3.8, 4) is 0 Å². The third-order valence-electron chi connectivity index (χ3n) is 4.90. The lowest BCUT2D eigenvalue weighted by atomic mass is 9.84. The first kappa shape index (κ1) is 22.7. The topological polar surface area (TPSA) is 118 Å². The van der Waals surface area contributed by atoms with Crippen LogP contribution in [0.15, 0.2) is 36.8 Å². The summed E-state index contributed by atoms with van der Waals surface area (Å²) in [6.07, 6.45) is 1.93. The highest BCUT2D eigenvalue weighted by atomic mass is 19.4. The van der Waals surface area contributed by atoms with E-state index >= 15 is 0 Å². The molecule has 4 heterocycles. The summed E-state index contributed by atoms with van der Waals surface area (Å²) in [6, 6.07) is 5.61. The molecular weight excluding hydrogens is 421 g/mol. The molecule has 9 nitrogen and oxygen atoms in total. The fourth-order valence-corrected chi connectivity index (χ4v) is 3.38. The number of rotatable bonds is 4. The summed E-state index contributed by atoms with van der Waals surface area (Å²) in [7, 11) is 0. The zero-order valence-corrected chi connectivity index (χ0v) is 16.3. The fraction of sp³-hybridized carbons (Fsp3) is 0.474. The van der Waals surface area contributed by atoms with Gasteiger partial charge in [0.05, 0.1) is 25.8 Å². The Morgan fingerprint density at radius 1 is 1.26 bits per heavy atom. The molecule has 4 rings (SSSR count). The van der Waals surface area contributed by atoms with Gasteiger partial charge in [0.25, 0.3) is 5.91 Å². The van der Waals surface area contributed by atoms with Gasteiger partial charge in [0.1, 0.15) is 11.3 Å². The van der Waals surface area contributed by atoms with Crippen molar-refractivity contribution in [1.82, 2.24) is 20.1 Å². The highest BCUT2D eigenvalue weighted by Crippen LogP contribution is 2.36. The van der Waals surface area contributed by atoms with Gasteiger partial charge in [0, 0.05) is 31.6 Å². The van der Waals surface area contributed by atoms with E-state index in [-0.39, 0.29) is 17.6 Å². The van der Waals surface area contributed by atoms with Crippen molar-refractivity contribution in [3.63, 3.8) is 0 Å². The van der Waals surface area contributed by atoms with E-state index in [0.717, 1.165) is 18.4 Å². The van der Waals surface area contributed by atoms with Crippen molar-refractivity contribution < 1.29 is 37.3 Å². The minimum atomic E-state index is -5.08. The van der Waals surface area contributed by atoms with Gasteiger partial charge < -0.3 is 19.5 Å². The lowest BCUT2D eigenvalue weighted by Crippen LogP contribution is -2.67. The highest BCUT2D eigenvalue weighted by Gasteiger charge is 2.49. The van der Waals surface area contributed by atoms with Crippen molar-refractivity contribution in [3.05, 3.63) is 48.0 Å². The van der Waals surface area contributed by atoms with Crippen LogP contribution in [0, 0.1) is 0 Å². The summed E-state index contributed by atoms with van der Waals surface area (Å²) in [6.45, 7) is 2.48. The summed E-state index contributed by atoms with van der Waals surface area (Å²) >= 11 is 0. The lowest BCUT2D eigenvalue weighted by Gasteiger charge is -2.52. The van der Waals surface area contributed by atoms with Gasteiger partial charge in [0.15, 0.2) is 0 Å². The molecule has 0 aromatic carbocycles. The van der Waals surface area contributed by atoms with E-state index in [4.69, 9.17) is 19.4 Å². The smallest absolute Gasteiger partial charge is 0.475 e. The van der Waals surface area contributed by atoms with Crippen LogP contribution < -0.4 is 0 Å². The second-order valence-electron chi connectivity index (χ2n) is 7.25. The summed E-state index contributed by atoms with van der Waals surface area (Å²) in [5.41, 5.74) is 1.39. The van der Waals surface area contributed by atoms with Crippen molar-refractivity contribution >= 4 is 11.9 Å². The molecule has 2 aromatic heterocycles. The van der Waals surface area contributed by atoms with E-state index in [1.165, 1.54) is 0 Å². The molecule has 31 heavy (non-hydrogen) atoms. The number of alkyl halides is 3. The molecule has 2 saturated heterocycles. The van der Waals surface area contributed by atoms with Crippen LogP contribution in [0.3, 0.4) is 0 Å².